The third-order valence-electron chi connectivity index (χ3n) is 3.43. The lowest BCUT2D eigenvalue weighted by Crippen LogP contribution is -2.34. The zero-order chi connectivity index (χ0) is 18.4. The first kappa shape index (κ1) is 18.3. The second-order valence-corrected chi connectivity index (χ2v) is 7.31. The van der Waals surface area contributed by atoms with Crippen molar-refractivity contribution in [3.05, 3.63) is 63.6 Å². The predicted molar refractivity (Wildman–Crippen MR) is 99.1 cm³/mol. The fraction of sp³-hybridized carbons (Fsp3) is 0.250. The second kappa shape index (κ2) is 8.77. The number of halogens is 1. The molecule has 26 heavy (non-hydrogen) atoms. The van der Waals surface area contributed by atoms with Gasteiger partial charge in [-0.2, -0.15) is 21.1 Å². The van der Waals surface area contributed by atoms with Gasteiger partial charge < -0.3 is 5.32 Å². The highest BCUT2D eigenvalue weighted by molar-refractivity contribution is 7.98. The Bertz CT molecular complexity index is 923. The fourth-order valence-corrected chi connectivity index (χ4v) is 3.67. The molecule has 0 fully saturated rings. The van der Waals surface area contributed by atoms with Gasteiger partial charge in [0.1, 0.15) is 17.4 Å². The topological polar surface area (TPSA) is 81.8 Å². The number of carbonyl (C=O) groups excluding carboxylic acids is 1. The molecule has 0 spiro atoms. The molecule has 3 rings (SSSR count). The molecular weight excluding hydrogens is 377 g/mol. The van der Waals surface area contributed by atoms with Gasteiger partial charge in [-0.25, -0.2) is 9.18 Å². The minimum atomic E-state index is -0.462. The summed E-state index contributed by atoms with van der Waals surface area (Å²) in [7, 11) is 0. The standard InChI is InChI=1S/C16H16FN5O2S2/c17-13-5-2-1-4-12(13)11-25-9-7-18-14(23)10-21-16(24)22(20-19-21)15-6-3-8-26-15/h1-6,8H,7,9-11H2,(H,18,23). The van der Waals surface area contributed by atoms with Crippen molar-refractivity contribution in [2.45, 2.75) is 12.3 Å². The number of thioether (sulfide) groups is 1. The van der Waals surface area contributed by atoms with Crippen LogP contribution in [-0.2, 0) is 17.1 Å². The van der Waals surface area contributed by atoms with Crippen molar-refractivity contribution in [2.75, 3.05) is 12.3 Å². The number of rotatable bonds is 8. The summed E-state index contributed by atoms with van der Waals surface area (Å²) in [6.45, 7) is 0.230. The van der Waals surface area contributed by atoms with E-state index < -0.39 is 5.69 Å². The number of thiophene rings is 1. The van der Waals surface area contributed by atoms with Gasteiger partial charge in [0.15, 0.2) is 0 Å². The Labute approximate surface area is 156 Å². The molecule has 0 saturated carbocycles. The van der Waals surface area contributed by atoms with Crippen LogP contribution in [0.15, 0.2) is 46.6 Å². The van der Waals surface area contributed by atoms with Crippen molar-refractivity contribution in [2.24, 2.45) is 0 Å². The smallest absolute Gasteiger partial charge is 0.354 e. The summed E-state index contributed by atoms with van der Waals surface area (Å²) in [5, 5.41) is 12.7. The summed E-state index contributed by atoms with van der Waals surface area (Å²) in [5.74, 6) is 0.627. The number of hydrogen-bond acceptors (Lipinski definition) is 6. The van der Waals surface area contributed by atoms with Crippen LogP contribution >= 0.6 is 23.1 Å². The van der Waals surface area contributed by atoms with Crippen LogP contribution in [0.3, 0.4) is 0 Å². The van der Waals surface area contributed by atoms with E-state index in [1.807, 2.05) is 5.38 Å². The molecule has 10 heteroatoms. The first-order chi connectivity index (χ1) is 12.6. The van der Waals surface area contributed by atoms with Gasteiger partial charge in [0, 0.05) is 18.1 Å². The summed E-state index contributed by atoms with van der Waals surface area (Å²) >= 11 is 2.88. The Morgan fingerprint density at radius 1 is 1.23 bits per heavy atom. The molecule has 1 N–H and O–H groups in total. The van der Waals surface area contributed by atoms with E-state index >= 15 is 0 Å². The van der Waals surface area contributed by atoms with E-state index in [1.54, 1.807) is 30.3 Å². The number of benzene rings is 1. The van der Waals surface area contributed by atoms with Gasteiger partial charge >= 0.3 is 5.69 Å². The van der Waals surface area contributed by atoms with Gasteiger partial charge in [0.25, 0.3) is 0 Å². The molecular formula is C16H16FN5O2S2. The third-order valence-corrected chi connectivity index (χ3v) is 5.28. The van der Waals surface area contributed by atoms with Crippen molar-refractivity contribution < 1.29 is 9.18 Å². The van der Waals surface area contributed by atoms with Crippen molar-refractivity contribution in [3.8, 4) is 5.00 Å². The Balaban J connectivity index is 1.42. The molecule has 0 radical (unpaired) electrons. The van der Waals surface area contributed by atoms with Gasteiger partial charge in [0.05, 0.1) is 0 Å². The monoisotopic (exact) mass is 393 g/mol. The first-order valence-electron chi connectivity index (χ1n) is 7.79. The molecule has 3 aromatic rings. The lowest BCUT2D eigenvalue weighted by atomic mass is 10.2. The molecule has 2 aromatic heterocycles. The predicted octanol–water partition coefficient (Wildman–Crippen LogP) is 1.68. The van der Waals surface area contributed by atoms with Crippen LogP contribution in [0, 0.1) is 5.82 Å². The summed E-state index contributed by atoms with van der Waals surface area (Å²) < 4.78 is 15.7. The van der Waals surface area contributed by atoms with Crippen LogP contribution in [0.1, 0.15) is 5.56 Å². The largest absolute Gasteiger partial charge is 0.369 e. The molecule has 0 aliphatic carbocycles. The van der Waals surface area contributed by atoms with Crippen molar-refractivity contribution in [1.29, 1.82) is 0 Å². The number of carbonyl (C=O) groups is 1. The number of aromatic nitrogens is 4. The Morgan fingerprint density at radius 2 is 2.08 bits per heavy atom. The molecule has 0 aliphatic heterocycles. The Kier molecular flexibility index (Phi) is 6.18. The van der Waals surface area contributed by atoms with Gasteiger partial charge in [-0.15, -0.1) is 11.3 Å². The number of tetrazole rings is 1. The molecule has 0 atom stereocenters. The molecule has 0 saturated heterocycles. The quantitative estimate of drug-likeness (QED) is 0.589. The molecule has 136 valence electrons. The number of hydrogen-bond donors (Lipinski definition) is 1. The van der Waals surface area contributed by atoms with Gasteiger partial charge in [-0.1, -0.05) is 18.2 Å². The highest BCUT2D eigenvalue weighted by Gasteiger charge is 2.12. The summed E-state index contributed by atoms with van der Waals surface area (Å²) in [4.78, 5) is 24.1. The first-order valence-corrected chi connectivity index (χ1v) is 9.83. The van der Waals surface area contributed by atoms with E-state index in [4.69, 9.17) is 0 Å². The van der Waals surface area contributed by atoms with Crippen molar-refractivity contribution in [3.63, 3.8) is 0 Å². The van der Waals surface area contributed by atoms with E-state index in [1.165, 1.54) is 29.2 Å². The van der Waals surface area contributed by atoms with E-state index in [0.717, 1.165) is 9.36 Å². The maximum Gasteiger partial charge on any atom is 0.369 e. The molecule has 1 aromatic carbocycles. The van der Waals surface area contributed by atoms with Crippen LogP contribution < -0.4 is 11.0 Å². The van der Waals surface area contributed by atoms with Crippen LogP contribution in [0.2, 0.25) is 0 Å². The molecule has 7 nitrogen and oxygen atoms in total. The molecule has 0 aliphatic rings. The SMILES string of the molecule is O=C(Cn1nnn(-c2cccs2)c1=O)NCCSCc1ccccc1F. The van der Waals surface area contributed by atoms with Crippen LogP contribution in [0.4, 0.5) is 4.39 Å². The highest BCUT2D eigenvalue weighted by Crippen LogP contribution is 2.14. The average molecular weight is 393 g/mol. The minimum absolute atomic E-state index is 0.192. The van der Waals surface area contributed by atoms with Gasteiger partial charge in [-0.05, 0) is 39.6 Å². The van der Waals surface area contributed by atoms with Crippen LogP contribution in [-0.4, -0.2) is 38.0 Å². The Morgan fingerprint density at radius 3 is 2.85 bits per heavy atom. The lowest BCUT2D eigenvalue weighted by molar-refractivity contribution is -0.121. The average Bonchev–Trinajstić information content (AvgIpc) is 3.27. The van der Waals surface area contributed by atoms with Crippen LogP contribution in [0.25, 0.3) is 5.00 Å². The maximum absolute atomic E-state index is 13.5. The van der Waals surface area contributed by atoms with Crippen molar-refractivity contribution >= 4 is 29.0 Å². The van der Waals surface area contributed by atoms with Gasteiger partial charge in [0.2, 0.25) is 5.91 Å². The minimum Gasteiger partial charge on any atom is -0.354 e. The van der Waals surface area contributed by atoms with Gasteiger partial charge in [-0.3, -0.25) is 4.79 Å². The number of amides is 1. The highest BCUT2D eigenvalue weighted by atomic mass is 32.2. The fourth-order valence-electron chi connectivity index (χ4n) is 2.15. The second-order valence-electron chi connectivity index (χ2n) is 5.28. The third kappa shape index (κ3) is 4.58. The number of nitrogens with zero attached hydrogens (tertiary/aromatic N) is 4. The zero-order valence-corrected chi connectivity index (χ0v) is 15.3. The lowest BCUT2D eigenvalue weighted by Gasteiger charge is -2.05. The van der Waals surface area contributed by atoms with E-state index in [9.17, 15) is 14.0 Å². The van der Waals surface area contributed by atoms with E-state index in [-0.39, 0.29) is 18.3 Å². The maximum atomic E-state index is 13.5. The molecule has 0 unspecified atom stereocenters. The summed E-state index contributed by atoms with van der Waals surface area (Å²) in [6, 6.07) is 10.2. The Hall–Kier alpha value is -2.46. The summed E-state index contributed by atoms with van der Waals surface area (Å²) in [6.07, 6.45) is 0. The number of nitrogens with one attached hydrogen (secondary N) is 1. The molecule has 0 bridgehead atoms. The molecule has 1 amide bonds. The van der Waals surface area contributed by atoms with Crippen molar-refractivity contribution in [1.82, 2.24) is 25.1 Å². The van der Waals surface area contributed by atoms with Crippen LogP contribution in [0.5, 0.6) is 0 Å². The van der Waals surface area contributed by atoms with E-state index in [2.05, 4.69) is 15.7 Å². The normalized spacial score (nSPS) is 10.8. The summed E-state index contributed by atoms with van der Waals surface area (Å²) in [5.41, 5.74) is 0.178. The molecule has 2 heterocycles. The zero-order valence-electron chi connectivity index (χ0n) is 13.7. The van der Waals surface area contributed by atoms with E-state index in [0.29, 0.717) is 28.6 Å².